The molecule has 112 valence electrons. The second-order valence-corrected chi connectivity index (χ2v) is 5.41. The van der Waals surface area contributed by atoms with Crippen molar-refractivity contribution in [3.8, 4) is 0 Å². The highest BCUT2D eigenvalue weighted by atomic mass is 35.5. The predicted molar refractivity (Wildman–Crippen MR) is 79.3 cm³/mol. The molecule has 2 atom stereocenters. The van der Waals surface area contributed by atoms with Gasteiger partial charge in [-0.25, -0.2) is 4.98 Å². The Kier molecular flexibility index (Phi) is 5.71. The van der Waals surface area contributed by atoms with E-state index in [1.807, 2.05) is 13.8 Å². The monoisotopic (exact) mass is 300 g/mol. The van der Waals surface area contributed by atoms with Gasteiger partial charge in [0.1, 0.15) is 11.4 Å². The van der Waals surface area contributed by atoms with Gasteiger partial charge in [-0.05, 0) is 19.3 Å². The molecule has 7 heteroatoms. The first-order valence-electron chi connectivity index (χ1n) is 6.63. The van der Waals surface area contributed by atoms with E-state index < -0.39 is 5.56 Å². The fraction of sp³-hybridized carbons (Fsp3) is 0.615. The summed E-state index contributed by atoms with van der Waals surface area (Å²) in [5, 5.41) is 2.84. The van der Waals surface area contributed by atoms with E-state index in [1.54, 1.807) is 0 Å². The normalized spacial score (nSPS) is 21.6. The van der Waals surface area contributed by atoms with Crippen LogP contribution in [0.15, 0.2) is 11.0 Å². The molecule has 0 aliphatic heterocycles. The molecule has 1 aromatic heterocycles. The van der Waals surface area contributed by atoms with Crippen molar-refractivity contribution < 1.29 is 4.79 Å². The maximum Gasteiger partial charge on any atom is 0.263 e. The standard InChI is InChI=1S/C13H20N4O2.ClH/c1-7(2)11-15-6-10(13(19)17-11)12(18)16-9-4-3-8(14)5-9;/h6-9H,3-5,14H2,1-2H3,(H,16,18)(H,15,17,19);1H/t8-,9-;/m1./s1. The minimum Gasteiger partial charge on any atom is -0.349 e. The molecular weight excluding hydrogens is 280 g/mol. The summed E-state index contributed by atoms with van der Waals surface area (Å²) in [5.41, 5.74) is 5.46. The molecule has 1 saturated carbocycles. The zero-order valence-corrected chi connectivity index (χ0v) is 12.5. The van der Waals surface area contributed by atoms with Gasteiger partial charge in [-0.2, -0.15) is 0 Å². The van der Waals surface area contributed by atoms with Crippen molar-refractivity contribution >= 4 is 18.3 Å². The minimum absolute atomic E-state index is 0. The number of H-pyrrole nitrogens is 1. The fourth-order valence-electron chi connectivity index (χ4n) is 2.27. The highest BCUT2D eigenvalue weighted by molar-refractivity contribution is 5.93. The first-order valence-corrected chi connectivity index (χ1v) is 6.63. The number of carbonyl (C=O) groups excluding carboxylic acids is 1. The van der Waals surface area contributed by atoms with Crippen molar-refractivity contribution in [3.05, 3.63) is 27.9 Å². The lowest BCUT2D eigenvalue weighted by Crippen LogP contribution is -2.37. The molecular formula is C13H21ClN4O2. The molecule has 0 radical (unpaired) electrons. The smallest absolute Gasteiger partial charge is 0.263 e. The lowest BCUT2D eigenvalue weighted by Gasteiger charge is -2.12. The number of hydrogen-bond donors (Lipinski definition) is 3. The van der Waals surface area contributed by atoms with Crippen LogP contribution in [0.25, 0.3) is 0 Å². The summed E-state index contributed by atoms with van der Waals surface area (Å²) in [5.74, 6) is 0.338. The zero-order chi connectivity index (χ0) is 14.0. The molecule has 1 heterocycles. The SMILES string of the molecule is CC(C)c1ncc(C(=O)N[C@@H]2CC[C@@H](N)C2)c(=O)[nH]1.Cl. The van der Waals surface area contributed by atoms with E-state index in [-0.39, 0.29) is 41.9 Å². The average Bonchev–Trinajstić information content (AvgIpc) is 2.74. The van der Waals surface area contributed by atoms with Gasteiger partial charge in [-0.15, -0.1) is 12.4 Å². The number of nitrogens with one attached hydrogen (secondary N) is 2. The second kappa shape index (κ2) is 6.85. The highest BCUT2D eigenvalue weighted by Gasteiger charge is 2.24. The summed E-state index contributed by atoms with van der Waals surface area (Å²) < 4.78 is 0. The molecule has 2 rings (SSSR count). The number of aromatic amines is 1. The first-order chi connectivity index (χ1) is 8.97. The topological polar surface area (TPSA) is 101 Å². The third-order valence-corrected chi connectivity index (χ3v) is 3.42. The number of nitrogens with two attached hydrogens (primary N) is 1. The van der Waals surface area contributed by atoms with Gasteiger partial charge in [0.05, 0.1) is 0 Å². The van der Waals surface area contributed by atoms with Crippen molar-refractivity contribution in [1.29, 1.82) is 0 Å². The number of aromatic nitrogens is 2. The summed E-state index contributed by atoms with van der Waals surface area (Å²) in [7, 11) is 0. The third kappa shape index (κ3) is 3.80. The summed E-state index contributed by atoms with van der Waals surface area (Å²) >= 11 is 0. The summed E-state index contributed by atoms with van der Waals surface area (Å²) in [6.45, 7) is 3.86. The van der Waals surface area contributed by atoms with Gasteiger partial charge in [0.2, 0.25) is 0 Å². The first kappa shape index (κ1) is 16.7. The van der Waals surface area contributed by atoms with Crippen molar-refractivity contribution in [2.75, 3.05) is 0 Å². The van der Waals surface area contributed by atoms with Crippen LogP contribution in [-0.4, -0.2) is 28.0 Å². The van der Waals surface area contributed by atoms with Crippen LogP contribution in [0, 0.1) is 0 Å². The van der Waals surface area contributed by atoms with Crippen LogP contribution in [0.1, 0.15) is 55.2 Å². The Morgan fingerprint density at radius 3 is 2.70 bits per heavy atom. The van der Waals surface area contributed by atoms with Crippen molar-refractivity contribution in [1.82, 2.24) is 15.3 Å². The molecule has 1 aliphatic carbocycles. The zero-order valence-electron chi connectivity index (χ0n) is 11.7. The van der Waals surface area contributed by atoms with Gasteiger partial charge in [0.15, 0.2) is 0 Å². The molecule has 1 aromatic rings. The van der Waals surface area contributed by atoms with E-state index in [2.05, 4.69) is 15.3 Å². The summed E-state index contributed by atoms with van der Waals surface area (Å²) in [4.78, 5) is 30.6. The number of halogens is 1. The molecule has 0 unspecified atom stereocenters. The molecule has 0 saturated heterocycles. The lowest BCUT2D eigenvalue weighted by molar-refractivity contribution is 0.0935. The van der Waals surface area contributed by atoms with Crippen LogP contribution in [-0.2, 0) is 0 Å². The molecule has 1 fully saturated rings. The molecule has 6 nitrogen and oxygen atoms in total. The van der Waals surface area contributed by atoms with Crippen LogP contribution in [0.5, 0.6) is 0 Å². The number of hydrogen-bond acceptors (Lipinski definition) is 4. The van der Waals surface area contributed by atoms with Crippen molar-refractivity contribution in [3.63, 3.8) is 0 Å². The predicted octanol–water partition coefficient (Wildman–Crippen LogP) is 0.925. The van der Waals surface area contributed by atoms with E-state index in [0.29, 0.717) is 5.82 Å². The molecule has 1 amide bonds. The summed E-state index contributed by atoms with van der Waals surface area (Å²) in [6, 6.07) is 0.205. The Bertz CT molecular complexity index is 529. The molecule has 1 aliphatic rings. The van der Waals surface area contributed by atoms with Crippen LogP contribution in [0.3, 0.4) is 0 Å². The van der Waals surface area contributed by atoms with Gasteiger partial charge < -0.3 is 16.0 Å². The maximum atomic E-state index is 12.0. The van der Waals surface area contributed by atoms with Gasteiger partial charge in [-0.1, -0.05) is 13.8 Å². The summed E-state index contributed by atoms with van der Waals surface area (Å²) in [6.07, 6.45) is 3.88. The van der Waals surface area contributed by atoms with Gasteiger partial charge in [0.25, 0.3) is 11.5 Å². The quantitative estimate of drug-likeness (QED) is 0.773. The van der Waals surface area contributed by atoms with E-state index in [9.17, 15) is 9.59 Å². The van der Waals surface area contributed by atoms with Crippen molar-refractivity contribution in [2.24, 2.45) is 5.73 Å². The van der Waals surface area contributed by atoms with Crippen LogP contribution in [0.2, 0.25) is 0 Å². The lowest BCUT2D eigenvalue weighted by atomic mass is 10.2. The van der Waals surface area contributed by atoms with Gasteiger partial charge in [-0.3, -0.25) is 9.59 Å². The van der Waals surface area contributed by atoms with E-state index in [1.165, 1.54) is 6.20 Å². The van der Waals surface area contributed by atoms with E-state index in [0.717, 1.165) is 19.3 Å². The Morgan fingerprint density at radius 2 is 2.20 bits per heavy atom. The average molecular weight is 301 g/mol. The van der Waals surface area contributed by atoms with Gasteiger partial charge in [0, 0.05) is 24.2 Å². The van der Waals surface area contributed by atoms with Crippen LogP contribution < -0.4 is 16.6 Å². The van der Waals surface area contributed by atoms with Crippen LogP contribution >= 0.6 is 12.4 Å². The minimum atomic E-state index is -0.390. The van der Waals surface area contributed by atoms with Crippen molar-refractivity contribution in [2.45, 2.75) is 51.1 Å². The number of carbonyl (C=O) groups is 1. The fourth-order valence-corrected chi connectivity index (χ4v) is 2.27. The Morgan fingerprint density at radius 1 is 1.50 bits per heavy atom. The highest BCUT2D eigenvalue weighted by Crippen LogP contribution is 2.17. The Hall–Kier alpha value is -1.40. The van der Waals surface area contributed by atoms with Gasteiger partial charge >= 0.3 is 0 Å². The Labute approximate surface area is 124 Å². The molecule has 0 spiro atoms. The van der Waals surface area contributed by atoms with E-state index in [4.69, 9.17) is 5.73 Å². The van der Waals surface area contributed by atoms with E-state index >= 15 is 0 Å². The van der Waals surface area contributed by atoms with Crippen LogP contribution in [0.4, 0.5) is 0 Å². The molecule has 20 heavy (non-hydrogen) atoms. The third-order valence-electron chi connectivity index (χ3n) is 3.42. The molecule has 4 N–H and O–H groups in total. The largest absolute Gasteiger partial charge is 0.349 e. The Balaban J connectivity index is 0.00000200. The molecule has 0 aromatic carbocycles. The molecule has 0 bridgehead atoms. The second-order valence-electron chi connectivity index (χ2n) is 5.41. The number of amides is 1. The number of rotatable bonds is 3. The maximum absolute atomic E-state index is 12.0. The number of nitrogens with zero attached hydrogens (tertiary/aromatic N) is 1.